The number of benzene rings is 1. The molecule has 0 radical (unpaired) electrons. The molecule has 0 heterocycles. The molecule has 0 atom stereocenters. The molecule has 0 saturated carbocycles. The standard InChI is InChI=1S/C14H22O3S/c1-5-11-18(15,16)17-13-10-8-7-9-12(13)14(3,4)6-2/h7-10H,5-6,11H2,1-4H3. The first-order valence-corrected chi connectivity index (χ1v) is 7.92. The van der Waals surface area contributed by atoms with E-state index in [1.807, 2.05) is 19.1 Å². The van der Waals surface area contributed by atoms with Crippen LogP contribution in [0.3, 0.4) is 0 Å². The zero-order valence-electron chi connectivity index (χ0n) is 11.6. The van der Waals surface area contributed by atoms with Crippen molar-refractivity contribution < 1.29 is 12.6 Å². The molecule has 0 N–H and O–H groups in total. The summed E-state index contributed by atoms with van der Waals surface area (Å²) in [5.41, 5.74) is 0.838. The van der Waals surface area contributed by atoms with Gasteiger partial charge in [0.15, 0.2) is 0 Å². The molecule has 0 amide bonds. The Morgan fingerprint density at radius 1 is 1.17 bits per heavy atom. The SMILES string of the molecule is CCCS(=O)(=O)Oc1ccccc1C(C)(C)CC. The smallest absolute Gasteiger partial charge is 0.309 e. The molecule has 0 saturated heterocycles. The second-order valence-corrected chi connectivity index (χ2v) is 6.77. The molecule has 0 bridgehead atoms. The zero-order chi connectivity index (χ0) is 13.8. The minimum atomic E-state index is -3.48. The Labute approximate surface area is 110 Å². The van der Waals surface area contributed by atoms with Crippen LogP contribution in [0.1, 0.15) is 46.1 Å². The highest BCUT2D eigenvalue weighted by molar-refractivity contribution is 7.87. The fourth-order valence-electron chi connectivity index (χ4n) is 1.72. The average molecular weight is 270 g/mol. The lowest BCUT2D eigenvalue weighted by molar-refractivity contribution is 0.453. The summed E-state index contributed by atoms with van der Waals surface area (Å²) in [6.45, 7) is 8.07. The van der Waals surface area contributed by atoms with Crippen LogP contribution in [0.5, 0.6) is 5.75 Å². The maximum atomic E-state index is 11.7. The fourth-order valence-corrected chi connectivity index (χ4v) is 2.72. The van der Waals surface area contributed by atoms with E-state index in [4.69, 9.17) is 4.18 Å². The average Bonchev–Trinajstić information content (AvgIpc) is 2.28. The van der Waals surface area contributed by atoms with Gasteiger partial charge in [0.2, 0.25) is 0 Å². The Bertz CT molecular complexity index is 490. The number of para-hydroxylation sites is 1. The van der Waals surface area contributed by atoms with Gasteiger partial charge in [-0.05, 0) is 24.3 Å². The molecule has 1 aromatic rings. The van der Waals surface area contributed by atoms with Crippen molar-refractivity contribution in [3.8, 4) is 5.75 Å². The van der Waals surface area contributed by atoms with E-state index < -0.39 is 10.1 Å². The van der Waals surface area contributed by atoms with Crippen LogP contribution in [0.4, 0.5) is 0 Å². The minimum Gasteiger partial charge on any atom is -0.382 e. The lowest BCUT2D eigenvalue weighted by Gasteiger charge is -2.25. The van der Waals surface area contributed by atoms with Gasteiger partial charge in [-0.25, -0.2) is 0 Å². The van der Waals surface area contributed by atoms with Gasteiger partial charge in [0.05, 0.1) is 5.75 Å². The summed E-state index contributed by atoms with van der Waals surface area (Å²) in [6, 6.07) is 7.36. The number of hydrogen-bond acceptors (Lipinski definition) is 3. The van der Waals surface area contributed by atoms with E-state index in [0.717, 1.165) is 12.0 Å². The molecular formula is C14H22O3S. The van der Waals surface area contributed by atoms with Gasteiger partial charge in [-0.1, -0.05) is 45.9 Å². The van der Waals surface area contributed by atoms with Gasteiger partial charge in [-0.3, -0.25) is 0 Å². The van der Waals surface area contributed by atoms with Gasteiger partial charge in [0.1, 0.15) is 5.75 Å². The van der Waals surface area contributed by atoms with E-state index in [2.05, 4.69) is 20.8 Å². The maximum Gasteiger partial charge on any atom is 0.309 e. The third-order valence-corrected chi connectivity index (χ3v) is 4.51. The quantitative estimate of drug-likeness (QED) is 0.743. The van der Waals surface area contributed by atoms with Crippen molar-refractivity contribution in [3.05, 3.63) is 29.8 Å². The van der Waals surface area contributed by atoms with Gasteiger partial charge >= 0.3 is 10.1 Å². The van der Waals surface area contributed by atoms with Gasteiger partial charge in [-0.15, -0.1) is 0 Å². The van der Waals surface area contributed by atoms with E-state index in [-0.39, 0.29) is 11.2 Å². The first-order chi connectivity index (χ1) is 8.32. The third-order valence-electron chi connectivity index (χ3n) is 3.17. The van der Waals surface area contributed by atoms with E-state index in [1.54, 1.807) is 12.1 Å². The van der Waals surface area contributed by atoms with Crippen molar-refractivity contribution in [2.75, 3.05) is 5.75 Å². The highest BCUT2D eigenvalue weighted by atomic mass is 32.2. The Kier molecular flexibility index (Phi) is 4.79. The van der Waals surface area contributed by atoms with Crippen molar-refractivity contribution in [2.45, 2.75) is 46.0 Å². The van der Waals surface area contributed by atoms with Crippen molar-refractivity contribution >= 4 is 10.1 Å². The molecular weight excluding hydrogens is 248 g/mol. The monoisotopic (exact) mass is 270 g/mol. The predicted molar refractivity (Wildman–Crippen MR) is 74.5 cm³/mol. The summed E-state index contributed by atoms with van der Waals surface area (Å²) in [7, 11) is -3.48. The molecule has 1 rings (SSSR count). The van der Waals surface area contributed by atoms with Crippen LogP contribution >= 0.6 is 0 Å². The summed E-state index contributed by atoms with van der Waals surface area (Å²) in [5, 5.41) is 0. The molecule has 102 valence electrons. The normalized spacial score (nSPS) is 12.4. The van der Waals surface area contributed by atoms with Crippen molar-refractivity contribution in [2.24, 2.45) is 0 Å². The van der Waals surface area contributed by atoms with Gasteiger partial charge in [0, 0.05) is 5.56 Å². The van der Waals surface area contributed by atoms with Gasteiger partial charge in [-0.2, -0.15) is 8.42 Å². The molecule has 0 unspecified atom stereocenters. The van der Waals surface area contributed by atoms with E-state index in [9.17, 15) is 8.42 Å². The Hall–Kier alpha value is -1.03. The van der Waals surface area contributed by atoms with Crippen molar-refractivity contribution in [1.82, 2.24) is 0 Å². The van der Waals surface area contributed by atoms with Crippen LogP contribution in [0, 0.1) is 0 Å². The summed E-state index contributed by atoms with van der Waals surface area (Å²) in [5.74, 6) is 0.506. The molecule has 0 aliphatic heterocycles. The van der Waals surface area contributed by atoms with Crippen LogP contribution in [-0.2, 0) is 15.5 Å². The molecule has 3 nitrogen and oxygen atoms in total. The Balaban J connectivity index is 3.11. The number of rotatable bonds is 6. The second-order valence-electron chi connectivity index (χ2n) is 5.08. The first-order valence-electron chi connectivity index (χ1n) is 6.34. The summed E-state index contributed by atoms with van der Waals surface area (Å²) in [6.07, 6.45) is 1.48. The highest BCUT2D eigenvalue weighted by Gasteiger charge is 2.24. The van der Waals surface area contributed by atoms with E-state index in [0.29, 0.717) is 12.2 Å². The molecule has 0 spiro atoms. The second kappa shape index (κ2) is 5.74. The summed E-state index contributed by atoms with van der Waals surface area (Å²) < 4.78 is 28.7. The third kappa shape index (κ3) is 3.73. The van der Waals surface area contributed by atoms with E-state index in [1.165, 1.54) is 0 Å². The number of hydrogen-bond donors (Lipinski definition) is 0. The first kappa shape index (κ1) is 15.0. The summed E-state index contributed by atoms with van der Waals surface area (Å²) >= 11 is 0. The molecule has 18 heavy (non-hydrogen) atoms. The minimum absolute atomic E-state index is 0.0495. The Morgan fingerprint density at radius 2 is 1.78 bits per heavy atom. The largest absolute Gasteiger partial charge is 0.382 e. The maximum absolute atomic E-state index is 11.7. The zero-order valence-corrected chi connectivity index (χ0v) is 12.4. The molecule has 4 heteroatoms. The lowest BCUT2D eigenvalue weighted by Crippen LogP contribution is -2.20. The van der Waals surface area contributed by atoms with Crippen LogP contribution in [0.25, 0.3) is 0 Å². The predicted octanol–water partition coefficient (Wildman–Crippen LogP) is 3.49. The van der Waals surface area contributed by atoms with Crippen LogP contribution in [0.15, 0.2) is 24.3 Å². The van der Waals surface area contributed by atoms with Gasteiger partial charge in [0.25, 0.3) is 0 Å². The molecule has 0 aliphatic carbocycles. The van der Waals surface area contributed by atoms with Crippen LogP contribution in [-0.4, -0.2) is 14.2 Å². The van der Waals surface area contributed by atoms with E-state index >= 15 is 0 Å². The molecule has 0 aromatic heterocycles. The lowest BCUT2D eigenvalue weighted by atomic mass is 9.82. The van der Waals surface area contributed by atoms with Crippen molar-refractivity contribution in [3.63, 3.8) is 0 Å². The molecule has 0 aliphatic rings. The molecule has 0 fully saturated rings. The van der Waals surface area contributed by atoms with Crippen molar-refractivity contribution in [1.29, 1.82) is 0 Å². The van der Waals surface area contributed by atoms with Crippen LogP contribution in [0.2, 0.25) is 0 Å². The highest BCUT2D eigenvalue weighted by Crippen LogP contribution is 2.34. The topological polar surface area (TPSA) is 43.4 Å². The fraction of sp³-hybridized carbons (Fsp3) is 0.571. The summed E-state index contributed by atoms with van der Waals surface area (Å²) in [4.78, 5) is 0. The molecule has 1 aromatic carbocycles. The van der Waals surface area contributed by atoms with Crippen LogP contribution < -0.4 is 4.18 Å². The Morgan fingerprint density at radius 3 is 2.33 bits per heavy atom. The van der Waals surface area contributed by atoms with Gasteiger partial charge < -0.3 is 4.18 Å².